The van der Waals surface area contributed by atoms with Crippen LogP contribution in [-0.4, -0.2) is 29.7 Å². The Balaban J connectivity index is 2.06. The Morgan fingerprint density at radius 2 is 2.12 bits per heavy atom. The largest absolute Gasteiger partial charge is 0.318 e. The van der Waals surface area contributed by atoms with Crippen LogP contribution in [0.5, 0.6) is 0 Å². The first-order valence-electron chi connectivity index (χ1n) is 2.81. The molecule has 1 aliphatic rings. The maximum Gasteiger partial charge on any atom is 0.0627 e. The van der Waals surface area contributed by atoms with Gasteiger partial charge in [-0.25, -0.2) is 0 Å². The summed E-state index contributed by atoms with van der Waals surface area (Å²) in [4.78, 5) is 0. The highest BCUT2D eigenvalue weighted by molar-refractivity contribution is 8.20. The summed E-state index contributed by atoms with van der Waals surface area (Å²) in [6.07, 6.45) is 0. The zero-order chi connectivity index (χ0) is 5.82. The summed E-state index contributed by atoms with van der Waals surface area (Å²) in [5.74, 6) is 2.69. The van der Waals surface area contributed by atoms with E-state index in [2.05, 4.69) is 28.8 Å². The summed E-state index contributed by atoms with van der Waals surface area (Å²) < 4.78 is 0.833. The van der Waals surface area contributed by atoms with Gasteiger partial charge in [0.05, 0.1) is 4.58 Å². The molecule has 1 fully saturated rings. The minimum atomic E-state index is 0.833. The van der Waals surface area contributed by atoms with Gasteiger partial charge in [0.25, 0.3) is 0 Å². The van der Waals surface area contributed by atoms with E-state index in [4.69, 9.17) is 0 Å². The van der Waals surface area contributed by atoms with Crippen molar-refractivity contribution in [3.63, 3.8) is 0 Å². The van der Waals surface area contributed by atoms with Crippen LogP contribution < -0.4 is 5.32 Å². The molecule has 0 atom stereocenters. The average Bonchev–Trinajstić information content (AvgIpc) is 2.19. The van der Waals surface area contributed by atoms with E-state index < -0.39 is 0 Å². The molecule has 0 spiro atoms. The lowest BCUT2D eigenvalue weighted by Crippen LogP contribution is -2.15. The third-order valence-corrected chi connectivity index (χ3v) is 4.09. The van der Waals surface area contributed by atoms with E-state index in [1.807, 2.05) is 7.05 Å². The van der Waals surface area contributed by atoms with Gasteiger partial charge in [-0.05, 0) is 7.05 Å². The Bertz CT molecular complexity index is 61.4. The molecule has 1 nitrogen and oxygen atoms in total. The summed E-state index contributed by atoms with van der Waals surface area (Å²) >= 11 is 4.13. The van der Waals surface area contributed by atoms with Gasteiger partial charge in [0.1, 0.15) is 0 Å². The minimum Gasteiger partial charge on any atom is -0.318 e. The van der Waals surface area contributed by atoms with Crippen molar-refractivity contribution in [2.45, 2.75) is 4.58 Å². The van der Waals surface area contributed by atoms with Crippen molar-refractivity contribution < 1.29 is 0 Å². The van der Waals surface area contributed by atoms with Crippen molar-refractivity contribution in [3.8, 4) is 0 Å². The topological polar surface area (TPSA) is 12.0 Å². The second-order valence-corrected chi connectivity index (χ2v) is 4.65. The van der Waals surface area contributed by atoms with E-state index in [0.717, 1.165) is 11.1 Å². The van der Waals surface area contributed by atoms with Crippen LogP contribution >= 0.6 is 23.5 Å². The third kappa shape index (κ3) is 1.88. The molecule has 1 saturated heterocycles. The Morgan fingerprint density at radius 3 is 2.62 bits per heavy atom. The molecule has 1 N–H and O–H groups in total. The molecule has 0 amide bonds. The van der Waals surface area contributed by atoms with Gasteiger partial charge in [-0.15, -0.1) is 23.5 Å². The first kappa shape index (κ1) is 6.78. The normalized spacial score (nSPS) is 22.1. The highest BCUT2D eigenvalue weighted by Crippen LogP contribution is 2.30. The number of rotatable bonds is 2. The maximum atomic E-state index is 3.17. The van der Waals surface area contributed by atoms with Crippen LogP contribution in [0.25, 0.3) is 0 Å². The number of thioether (sulfide) groups is 2. The first-order valence-corrected chi connectivity index (χ1v) is 4.91. The molecular weight excluding hydrogens is 138 g/mol. The lowest BCUT2D eigenvalue weighted by atomic mass is 10.7. The summed E-state index contributed by atoms with van der Waals surface area (Å²) in [6.45, 7) is 1.16. The van der Waals surface area contributed by atoms with Gasteiger partial charge in [-0.1, -0.05) is 0 Å². The average molecular weight is 149 g/mol. The standard InChI is InChI=1S/C5H11NS2/c1-6-4-5-7-2-3-8-5/h5-6H,2-4H2,1H3. The van der Waals surface area contributed by atoms with Crippen LogP contribution in [-0.2, 0) is 0 Å². The summed E-state index contributed by atoms with van der Waals surface area (Å²) in [5.41, 5.74) is 0. The second kappa shape index (κ2) is 3.64. The molecule has 0 aromatic carbocycles. The predicted octanol–water partition coefficient (Wildman–Crippen LogP) is 1.01. The minimum absolute atomic E-state index is 0.833. The molecule has 0 aromatic heterocycles. The monoisotopic (exact) mass is 149 g/mol. The number of hydrogen-bond donors (Lipinski definition) is 1. The van der Waals surface area contributed by atoms with Gasteiger partial charge in [0, 0.05) is 18.1 Å². The predicted molar refractivity (Wildman–Crippen MR) is 42.6 cm³/mol. The van der Waals surface area contributed by atoms with Gasteiger partial charge < -0.3 is 5.32 Å². The van der Waals surface area contributed by atoms with Crippen LogP contribution in [0.15, 0.2) is 0 Å². The van der Waals surface area contributed by atoms with Crippen molar-refractivity contribution in [1.29, 1.82) is 0 Å². The molecule has 0 radical (unpaired) electrons. The van der Waals surface area contributed by atoms with Gasteiger partial charge in [0.2, 0.25) is 0 Å². The highest BCUT2D eigenvalue weighted by atomic mass is 32.2. The van der Waals surface area contributed by atoms with E-state index in [1.165, 1.54) is 11.5 Å². The van der Waals surface area contributed by atoms with Crippen molar-refractivity contribution in [2.75, 3.05) is 25.1 Å². The van der Waals surface area contributed by atoms with E-state index in [9.17, 15) is 0 Å². The van der Waals surface area contributed by atoms with Gasteiger partial charge >= 0.3 is 0 Å². The van der Waals surface area contributed by atoms with Crippen LogP contribution in [0.1, 0.15) is 0 Å². The first-order chi connectivity index (χ1) is 3.93. The highest BCUT2D eigenvalue weighted by Gasteiger charge is 2.13. The van der Waals surface area contributed by atoms with Gasteiger partial charge in [-0.2, -0.15) is 0 Å². The molecule has 1 aliphatic heterocycles. The van der Waals surface area contributed by atoms with Crippen molar-refractivity contribution in [1.82, 2.24) is 5.32 Å². The van der Waals surface area contributed by atoms with Crippen molar-refractivity contribution >= 4 is 23.5 Å². The number of hydrogen-bond acceptors (Lipinski definition) is 3. The van der Waals surface area contributed by atoms with E-state index >= 15 is 0 Å². The maximum absolute atomic E-state index is 3.17. The summed E-state index contributed by atoms with van der Waals surface area (Å²) in [7, 11) is 2.01. The van der Waals surface area contributed by atoms with Crippen LogP contribution in [0.3, 0.4) is 0 Å². The van der Waals surface area contributed by atoms with Crippen LogP contribution in [0.2, 0.25) is 0 Å². The molecular formula is C5H11NS2. The van der Waals surface area contributed by atoms with Crippen molar-refractivity contribution in [2.24, 2.45) is 0 Å². The van der Waals surface area contributed by atoms with E-state index in [0.29, 0.717) is 0 Å². The van der Waals surface area contributed by atoms with Crippen LogP contribution in [0.4, 0.5) is 0 Å². The molecule has 3 heteroatoms. The molecule has 8 heavy (non-hydrogen) atoms. The quantitative estimate of drug-likeness (QED) is 0.629. The molecule has 0 saturated carbocycles. The number of nitrogens with one attached hydrogen (secondary N) is 1. The van der Waals surface area contributed by atoms with Crippen molar-refractivity contribution in [3.05, 3.63) is 0 Å². The zero-order valence-electron chi connectivity index (χ0n) is 5.02. The van der Waals surface area contributed by atoms with Gasteiger partial charge in [-0.3, -0.25) is 0 Å². The lowest BCUT2D eigenvalue weighted by Gasteiger charge is -2.03. The van der Waals surface area contributed by atoms with Crippen LogP contribution in [0, 0.1) is 0 Å². The Morgan fingerprint density at radius 1 is 1.50 bits per heavy atom. The SMILES string of the molecule is CNCC1SCCS1. The Kier molecular flexibility index (Phi) is 3.08. The molecule has 0 aliphatic carbocycles. The molecule has 0 bridgehead atoms. The summed E-state index contributed by atoms with van der Waals surface area (Å²) in [6, 6.07) is 0. The smallest absolute Gasteiger partial charge is 0.0627 e. The second-order valence-electron chi connectivity index (χ2n) is 1.73. The Hall–Kier alpha value is 0.660. The fourth-order valence-corrected chi connectivity index (χ4v) is 3.52. The fourth-order valence-electron chi connectivity index (χ4n) is 0.692. The lowest BCUT2D eigenvalue weighted by molar-refractivity contribution is 0.854. The fraction of sp³-hybridized carbons (Fsp3) is 1.00. The van der Waals surface area contributed by atoms with Gasteiger partial charge in [0.15, 0.2) is 0 Å². The Labute approximate surface area is 59.0 Å². The van der Waals surface area contributed by atoms with E-state index in [1.54, 1.807) is 0 Å². The molecule has 1 heterocycles. The van der Waals surface area contributed by atoms with E-state index in [-0.39, 0.29) is 0 Å². The molecule has 1 rings (SSSR count). The third-order valence-electron chi connectivity index (χ3n) is 1.06. The molecule has 0 aromatic rings. The molecule has 48 valence electrons. The zero-order valence-corrected chi connectivity index (χ0v) is 6.65. The summed E-state index contributed by atoms with van der Waals surface area (Å²) in [5, 5.41) is 3.17. The molecule has 0 unspecified atom stereocenters.